The average Bonchev–Trinajstić information content (AvgIpc) is 2.93. The van der Waals surface area contributed by atoms with E-state index in [2.05, 4.69) is 52.3 Å². The number of hydrogen-bond acceptors (Lipinski definition) is 4. The molecule has 3 rings (SSSR count). The maximum Gasteiger partial charge on any atom is 0.242 e. The predicted molar refractivity (Wildman–Crippen MR) is 120 cm³/mol. The minimum Gasteiger partial charge on any atom is -0.471 e. The van der Waals surface area contributed by atoms with Gasteiger partial charge in [-0.2, -0.15) is 10.1 Å². The van der Waals surface area contributed by atoms with Crippen LogP contribution in [0, 0.1) is 3.70 Å². The number of benzene rings is 1. The van der Waals surface area contributed by atoms with Crippen molar-refractivity contribution >= 4 is 53.2 Å². The summed E-state index contributed by atoms with van der Waals surface area (Å²) >= 11 is 8.41. The van der Waals surface area contributed by atoms with Gasteiger partial charge in [0.1, 0.15) is 27.7 Å². The molecule has 0 atom stereocenters. The molecule has 0 saturated carbocycles. The molecule has 0 fully saturated rings. The fraction of sp³-hybridized carbons (Fsp3) is 0.368. The Morgan fingerprint density at radius 1 is 1.19 bits per heavy atom. The summed E-state index contributed by atoms with van der Waals surface area (Å²) in [6.45, 7) is 8.53. The van der Waals surface area contributed by atoms with Crippen molar-refractivity contribution in [2.24, 2.45) is 0 Å². The molecule has 0 N–H and O–H groups in total. The summed E-state index contributed by atoms with van der Waals surface area (Å²) in [4.78, 5) is 4.39. The summed E-state index contributed by atoms with van der Waals surface area (Å²) in [6, 6.07) is 12.9. The minimum absolute atomic E-state index is 0.370. The molecule has 2 aromatic heterocycles. The van der Waals surface area contributed by atoms with Gasteiger partial charge in [0.15, 0.2) is 0 Å². The van der Waals surface area contributed by atoms with Gasteiger partial charge in [-0.15, -0.1) is 0 Å². The highest BCUT2D eigenvalue weighted by Gasteiger charge is 2.18. The predicted octanol–water partition coefficient (Wildman–Crippen LogP) is 5.58. The molecule has 0 unspecified atom stereocenters. The van der Waals surface area contributed by atoms with Gasteiger partial charge in [0.05, 0.1) is 0 Å². The van der Waals surface area contributed by atoms with E-state index < -0.39 is 8.07 Å². The summed E-state index contributed by atoms with van der Waals surface area (Å²) in [5, 5.41) is 5.91. The third kappa shape index (κ3) is 5.66. The number of rotatable bonds is 8. The van der Waals surface area contributed by atoms with E-state index in [1.165, 1.54) is 0 Å². The number of ether oxygens (including phenoxy) is 2. The zero-order valence-electron chi connectivity index (χ0n) is 15.7. The molecule has 8 heteroatoms. The number of pyridine rings is 1. The van der Waals surface area contributed by atoms with Crippen molar-refractivity contribution in [2.75, 3.05) is 6.61 Å². The first kappa shape index (κ1) is 20.6. The van der Waals surface area contributed by atoms with Crippen LogP contribution in [0.5, 0.6) is 5.88 Å². The zero-order chi connectivity index (χ0) is 19.4. The summed E-state index contributed by atoms with van der Waals surface area (Å²) in [5.74, 6) is 0.477. The largest absolute Gasteiger partial charge is 0.471 e. The lowest BCUT2D eigenvalue weighted by Gasteiger charge is -2.15. The molecule has 5 nitrogen and oxygen atoms in total. The molecular formula is C19H23ClIN3O2Si. The van der Waals surface area contributed by atoms with Crippen molar-refractivity contribution in [2.45, 2.75) is 39.0 Å². The first-order valence-corrected chi connectivity index (χ1v) is 14.0. The van der Waals surface area contributed by atoms with Crippen molar-refractivity contribution in [1.29, 1.82) is 0 Å². The van der Waals surface area contributed by atoms with Gasteiger partial charge in [-0.25, -0.2) is 4.68 Å². The Kier molecular flexibility index (Phi) is 6.77. The first-order valence-electron chi connectivity index (χ1n) is 8.80. The monoisotopic (exact) mass is 515 g/mol. The highest BCUT2D eigenvalue weighted by Crippen LogP contribution is 2.30. The van der Waals surface area contributed by atoms with Crippen LogP contribution >= 0.6 is 34.2 Å². The molecule has 0 spiro atoms. The van der Waals surface area contributed by atoms with Crippen molar-refractivity contribution in [3.8, 4) is 5.88 Å². The normalized spacial score (nSPS) is 11.9. The maximum absolute atomic E-state index is 6.21. The second kappa shape index (κ2) is 8.89. The van der Waals surface area contributed by atoms with Crippen LogP contribution in [0.3, 0.4) is 0 Å². The van der Waals surface area contributed by atoms with E-state index in [0.717, 1.165) is 32.8 Å². The Balaban J connectivity index is 1.82. The molecule has 0 aliphatic carbocycles. The van der Waals surface area contributed by atoms with E-state index in [0.29, 0.717) is 24.4 Å². The molecule has 0 bridgehead atoms. The van der Waals surface area contributed by atoms with Gasteiger partial charge in [-0.1, -0.05) is 61.6 Å². The Morgan fingerprint density at radius 3 is 2.63 bits per heavy atom. The molecular weight excluding hydrogens is 493 g/mol. The SMILES string of the molecule is C[Si](C)(C)CCOCn1nc(I)c2cc(Cl)nc(OCc3ccccc3)c21. The Morgan fingerprint density at radius 2 is 1.93 bits per heavy atom. The van der Waals surface area contributed by atoms with Gasteiger partial charge in [-0.05, 0) is 40.3 Å². The van der Waals surface area contributed by atoms with E-state index in [9.17, 15) is 0 Å². The highest BCUT2D eigenvalue weighted by atomic mass is 127. The third-order valence-corrected chi connectivity index (χ3v) is 6.74. The molecule has 144 valence electrons. The summed E-state index contributed by atoms with van der Waals surface area (Å²) in [6.07, 6.45) is 0. The molecule has 2 heterocycles. The van der Waals surface area contributed by atoms with Gasteiger partial charge in [0.25, 0.3) is 0 Å². The number of nitrogens with zero attached hydrogens (tertiary/aromatic N) is 3. The van der Waals surface area contributed by atoms with Crippen LogP contribution in [0.4, 0.5) is 0 Å². The fourth-order valence-electron chi connectivity index (χ4n) is 2.55. The van der Waals surface area contributed by atoms with E-state index in [4.69, 9.17) is 21.1 Å². The number of hydrogen-bond donors (Lipinski definition) is 0. The maximum atomic E-state index is 6.21. The lowest BCUT2D eigenvalue weighted by atomic mass is 10.2. The van der Waals surface area contributed by atoms with Gasteiger partial charge in [0.2, 0.25) is 5.88 Å². The van der Waals surface area contributed by atoms with Gasteiger partial charge in [-0.3, -0.25) is 0 Å². The lowest BCUT2D eigenvalue weighted by Crippen LogP contribution is -2.22. The topological polar surface area (TPSA) is 49.2 Å². The third-order valence-electron chi connectivity index (χ3n) is 4.05. The molecule has 0 aliphatic rings. The molecule has 0 radical (unpaired) electrons. The van der Waals surface area contributed by atoms with Crippen molar-refractivity contribution in [1.82, 2.24) is 14.8 Å². The summed E-state index contributed by atoms with van der Waals surface area (Å²) in [5.41, 5.74) is 1.88. The molecule has 0 aliphatic heterocycles. The second-order valence-corrected chi connectivity index (χ2v) is 14.6. The van der Waals surface area contributed by atoms with Crippen LogP contribution in [0.15, 0.2) is 36.4 Å². The highest BCUT2D eigenvalue weighted by molar-refractivity contribution is 14.1. The molecule has 1 aromatic carbocycles. The van der Waals surface area contributed by atoms with Crippen LogP contribution in [0.2, 0.25) is 30.8 Å². The van der Waals surface area contributed by atoms with Crippen molar-refractivity contribution in [3.05, 3.63) is 50.8 Å². The average molecular weight is 516 g/mol. The van der Waals surface area contributed by atoms with Crippen LogP contribution in [-0.4, -0.2) is 29.4 Å². The van der Waals surface area contributed by atoms with Gasteiger partial charge in [0, 0.05) is 20.1 Å². The number of aromatic nitrogens is 3. The van der Waals surface area contributed by atoms with Crippen LogP contribution in [-0.2, 0) is 18.1 Å². The molecule has 3 aromatic rings. The standard InChI is InChI=1S/C19H23ClIN3O2Si/c1-27(2,3)10-9-25-13-24-17-15(18(21)23-24)11-16(20)22-19(17)26-12-14-7-5-4-6-8-14/h4-8,11H,9-10,12-13H2,1-3H3. The molecule has 27 heavy (non-hydrogen) atoms. The second-order valence-electron chi connectivity index (χ2n) is 7.56. The molecule has 0 saturated heterocycles. The van der Waals surface area contributed by atoms with E-state index in [1.54, 1.807) is 0 Å². The van der Waals surface area contributed by atoms with Crippen molar-refractivity contribution in [3.63, 3.8) is 0 Å². The Hall–Kier alpha value is -1.16. The molecule has 0 amide bonds. The number of fused-ring (bicyclic) bond motifs is 1. The van der Waals surface area contributed by atoms with Gasteiger partial charge >= 0.3 is 0 Å². The Bertz CT molecular complexity index is 913. The van der Waals surface area contributed by atoms with Crippen LogP contribution < -0.4 is 4.74 Å². The summed E-state index contributed by atoms with van der Waals surface area (Å²) < 4.78 is 14.5. The first-order chi connectivity index (χ1) is 12.8. The quantitative estimate of drug-likeness (QED) is 0.170. The minimum atomic E-state index is -1.12. The van der Waals surface area contributed by atoms with E-state index in [1.807, 2.05) is 41.1 Å². The lowest BCUT2D eigenvalue weighted by molar-refractivity contribution is 0.0809. The Labute approximate surface area is 179 Å². The van der Waals surface area contributed by atoms with Gasteiger partial charge < -0.3 is 9.47 Å². The number of halogens is 2. The zero-order valence-corrected chi connectivity index (χ0v) is 19.6. The van der Waals surface area contributed by atoms with Crippen LogP contribution in [0.25, 0.3) is 10.9 Å². The van der Waals surface area contributed by atoms with E-state index in [-0.39, 0.29) is 0 Å². The van der Waals surface area contributed by atoms with Crippen molar-refractivity contribution < 1.29 is 9.47 Å². The smallest absolute Gasteiger partial charge is 0.242 e. The van der Waals surface area contributed by atoms with Crippen LogP contribution in [0.1, 0.15) is 5.56 Å². The fourth-order valence-corrected chi connectivity index (χ4v) is 4.16. The summed E-state index contributed by atoms with van der Waals surface area (Å²) in [7, 11) is -1.12. The van der Waals surface area contributed by atoms with E-state index >= 15 is 0 Å².